The maximum atomic E-state index is 11.3. The fraction of sp³-hybridized carbons (Fsp3) is 0.562. The second-order valence-electron chi connectivity index (χ2n) is 5.80. The fourth-order valence-electron chi connectivity index (χ4n) is 2.26. The highest BCUT2D eigenvalue weighted by atomic mass is 16.8. The van der Waals surface area contributed by atoms with Crippen molar-refractivity contribution in [1.29, 1.82) is 0 Å². The van der Waals surface area contributed by atoms with E-state index in [2.05, 4.69) is 0 Å². The molecule has 128 valence electrons. The number of aromatic hydroxyl groups is 1. The lowest BCUT2D eigenvalue weighted by Crippen LogP contribution is -2.30. The molecule has 1 aromatic rings. The van der Waals surface area contributed by atoms with Crippen molar-refractivity contribution in [2.45, 2.75) is 60.0 Å². The topological polar surface area (TPSA) is 83.5 Å². The van der Waals surface area contributed by atoms with Gasteiger partial charge in [-0.2, -0.15) is 0 Å². The third-order valence-electron chi connectivity index (χ3n) is 2.89. The van der Waals surface area contributed by atoms with Crippen molar-refractivity contribution in [2.75, 3.05) is 0 Å². The molecule has 0 saturated carbocycles. The molecule has 23 heavy (non-hydrogen) atoms. The summed E-state index contributed by atoms with van der Waals surface area (Å²) in [5, 5.41) is 10.3. The lowest BCUT2D eigenvalue weighted by molar-refractivity contribution is -0.132. The number of carbonyl (C=O) groups excluding carboxylic acids is 1. The van der Waals surface area contributed by atoms with Gasteiger partial charge in [0, 0.05) is 34.6 Å². The van der Waals surface area contributed by atoms with Crippen molar-refractivity contribution in [2.24, 2.45) is 0 Å². The third-order valence-corrected chi connectivity index (χ3v) is 2.89. The van der Waals surface area contributed by atoms with Gasteiger partial charge in [0.1, 0.15) is 0 Å². The highest BCUT2D eigenvalue weighted by Gasteiger charge is 2.46. The number of hydrogen-bond donors (Lipinski definition) is 1. The molecule has 0 bridgehead atoms. The summed E-state index contributed by atoms with van der Waals surface area (Å²) in [4.78, 5) is 11.3. The molecular formula is C16H22O7. The minimum Gasteiger partial charge on any atom is -0.501 e. The average Bonchev–Trinajstić information content (AvgIpc) is 2.93. The van der Waals surface area contributed by atoms with E-state index in [0.717, 1.165) is 0 Å². The predicted molar refractivity (Wildman–Crippen MR) is 81.4 cm³/mol. The second-order valence-corrected chi connectivity index (χ2v) is 5.80. The summed E-state index contributed by atoms with van der Waals surface area (Å²) < 4.78 is 27.5. The molecule has 7 nitrogen and oxygen atoms in total. The van der Waals surface area contributed by atoms with Crippen LogP contribution < -0.4 is 23.7 Å². The molecule has 0 aliphatic carbocycles. The van der Waals surface area contributed by atoms with Crippen LogP contribution in [0.3, 0.4) is 0 Å². The molecule has 3 rings (SSSR count). The summed E-state index contributed by atoms with van der Waals surface area (Å²) in [5.74, 6) is -2.38. The first-order valence-corrected chi connectivity index (χ1v) is 7.47. The Morgan fingerprint density at radius 2 is 1.22 bits per heavy atom. The Hall–Kier alpha value is -2.31. The van der Waals surface area contributed by atoms with Crippen molar-refractivity contribution in [3.8, 4) is 34.5 Å². The molecule has 0 atom stereocenters. The van der Waals surface area contributed by atoms with Crippen molar-refractivity contribution >= 4 is 5.97 Å². The zero-order valence-electron chi connectivity index (χ0n) is 14.4. The van der Waals surface area contributed by atoms with Crippen molar-refractivity contribution < 1.29 is 33.6 Å². The molecule has 0 radical (unpaired) electrons. The number of ether oxygens (including phenoxy) is 5. The standard InChI is InChI=1S/C14H16O7.C2H6/c1-6(15)17-10-11-8(18-13(2,3)20-11)7(16)9-12(10)21-14(4,5)19-9;1-2/h16H,1-5H3;1-2H3. The van der Waals surface area contributed by atoms with Crippen molar-refractivity contribution in [3.05, 3.63) is 0 Å². The lowest BCUT2D eigenvalue weighted by Gasteiger charge is -2.18. The van der Waals surface area contributed by atoms with Crippen molar-refractivity contribution in [3.63, 3.8) is 0 Å². The number of carbonyl (C=O) groups is 1. The van der Waals surface area contributed by atoms with E-state index in [1.807, 2.05) is 13.8 Å². The maximum Gasteiger partial charge on any atom is 0.308 e. The first-order valence-electron chi connectivity index (χ1n) is 7.47. The van der Waals surface area contributed by atoms with Crippen LogP contribution in [0.1, 0.15) is 48.5 Å². The zero-order valence-corrected chi connectivity index (χ0v) is 14.4. The monoisotopic (exact) mass is 326 g/mol. The van der Waals surface area contributed by atoms with E-state index in [1.54, 1.807) is 27.7 Å². The molecule has 0 aromatic heterocycles. The highest BCUT2D eigenvalue weighted by Crippen LogP contribution is 2.63. The summed E-state index contributed by atoms with van der Waals surface area (Å²) in [6.45, 7) is 11.9. The number of hydrogen-bond acceptors (Lipinski definition) is 7. The summed E-state index contributed by atoms with van der Waals surface area (Å²) in [5.41, 5.74) is 0. The first kappa shape index (κ1) is 17.1. The van der Waals surface area contributed by atoms with Crippen LogP contribution in [0.4, 0.5) is 0 Å². The van der Waals surface area contributed by atoms with Gasteiger partial charge < -0.3 is 28.8 Å². The van der Waals surface area contributed by atoms with E-state index in [0.29, 0.717) is 0 Å². The van der Waals surface area contributed by atoms with Crippen LogP contribution in [-0.4, -0.2) is 22.7 Å². The third kappa shape index (κ3) is 2.95. The van der Waals surface area contributed by atoms with E-state index < -0.39 is 17.5 Å². The van der Waals surface area contributed by atoms with E-state index >= 15 is 0 Å². The number of esters is 1. The van der Waals surface area contributed by atoms with Gasteiger partial charge in [-0.05, 0) is 0 Å². The Balaban J connectivity index is 0.000000924. The van der Waals surface area contributed by atoms with Crippen molar-refractivity contribution in [1.82, 2.24) is 0 Å². The van der Waals surface area contributed by atoms with Crippen LogP contribution in [0.5, 0.6) is 34.5 Å². The molecule has 7 heteroatoms. The summed E-state index contributed by atoms with van der Waals surface area (Å²) >= 11 is 0. The van der Waals surface area contributed by atoms with Crippen LogP contribution >= 0.6 is 0 Å². The van der Waals surface area contributed by atoms with E-state index in [9.17, 15) is 9.90 Å². The van der Waals surface area contributed by atoms with Gasteiger partial charge in [-0.1, -0.05) is 13.8 Å². The van der Waals surface area contributed by atoms with Crippen LogP contribution in [0.25, 0.3) is 0 Å². The minimum atomic E-state index is -1.00. The Bertz CT molecular complexity index is 601. The summed E-state index contributed by atoms with van der Waals surface area (Å²) in [7, 11) is 0. The zero-order chi connectivity index (χ0) is 17.6. The van der Waals surface area contributed by atoms with Crippen LogP contribution in [0.15, 0.2) is 0 Å². The van der Waals surface area contributed by atoms with E-state index in [1.165, 1.54) is 6.92 Å². The molecule has 0 unspecified atom stereocenters. The largest absolute Gasteiger partial charge is 0.501 e. The van der Waals surface area contributed by atoms with E-state index in [-0.39, 0.29) is 34.5 Å². The average molecular weight is 326 g/mol. The number of phenolic OH excluding ortho intramolecular Hbond substituents is 1. The molecule has 2 aliphatic heterocycles. The Kier molecular flexibility index (Phi) is 4.00. The van der Waals surface area contributed by atoms with Gasteiger partial charge in [-0.25, -0.2) is 0 Å². The molecule has 0 saturated heterocycles. The van der Waals surface area contributed by atoms with Gasteiger partial charge in [-0.3, -0.25) is 4.79 Å². The van der Waals surface area contributed by atoms with Gasteiger partial charge in [0.15, 0.2) is 0 Å². The molecule has 0 amide bonds. The Morgan fingerprint density at radius 1 is 0.870 bits per heavy atom. The number of rotatable bonds is 1. The quantitative estimate of drug-likeness (QED) is 0.626. The molecule has 0 spiro atoms. The lowest BCUT2D eigenvalue weighted by atomic mass is 10.2. The van der Waals surface area contributed by atoms with Gasteiger partial charge in [0.05, 0.1) is 0 Å². The molecule has 2 aliphatic rings. The Morgan fingerprint density at radius 3 is 1.57 bits per heavy atom. The SMILES string of the molecule is CC.CC(=O)Oc1c2c(c(O)c3c1OC(C)(C)O3)OC(C)(C)O2. The molecule has 0 fully saturated rings. The van der Waals surface area contributed by atoms with Crippen LogP contribution in [-0.2, 0) is 4.79 Å². The first-order chi connectivity index (χ1) is 10.6. The molecule has 2 heterocycles. The van der Waals surface area contributed by atoms with Crippen LogP contribution in [0.2, 0.25) is 0 Å². The summed E-state index contributed by atoms with van der Waals surface area (Å²) in [6.07, 6.45) is 0. The maximum absolute atomic E-state index is 11.3. The minimum absolute atomic E-state index is 0.0430. The summed E-state index contributed by atoms with van der Waals surface area (Å²) in [6, 6.07) is 0. The van der Waals surface area contributed by atoms with Crippen LogP contribution in [0, 0.1) is 0 Å². The number of fused-ring (bicyclic) bond motifs is 2. The number of benzene rings is 1. The van der Waals surface area contributed by atoms with Gasteiger partial charge in [-0.15, -0.1) is 0 Å². The molecule has 1 N–H and O–H groups in total. The molecular weight excluding hydrogens is 304 g/mol. The van der Waals surface area contributed by atoms with Gasteiger partial charge in [0.25, 0.3) is 0 Å². The smallest absolute Gasteiger partial charge is 0.308 e. The number of phenols is 1. The van der Waals surface area contributed by atoms with E-state index in [4.69, 9.17) is 23.7 Å². The fourth-order valence-corrected chi connectivity index (χ4v) is 2.26. The normalized spacial score (nSPS) is 18.0. The highest BCUT2D eigenvalue weighted by molar-refractivity contribution is 5.79. The van der Waals surface area contributed by atoms with Gasteiger partial charge in [0.2, 0.25) is 46.1 Å². The second kappa shape index (κ2) is 5.40. The Labute approximate surface area is 135 Å². The molecule has 1 aromatic carbocycles. The van der Waals surface area contributed by atoms with Gasteiger partial charge >= 0.3 is 5.97 Å². The predicted octanol–water partition coefficient (Wildman–Crippen LogP) is 3.36.